The quantitative estimate of drug-likeness (QED) is 0.0265. The number of hydrogen-bond acceptors (Lipinski definition) is 22. The molecular weight excluding hydrogens is 1890 g/mol. The van der Waals surface area contributed by atoms with Crippen LogP contribution in [0.4, 0.5) is 17.1 Å². The number of aromatic nitrogens is 5. The van der Waals surface area contributed by atoms with Gasteiger partial charge in [-0.15, -0.1) is 32.9 Å². The first-order valence-electron chi connectivity index (χ1n) is 44.0. The number of benzene rings is 5. The molecule has 0 saturated heterocycles. The van der Waals surface area contributed by atoms with E-state index in [4.69, 9.17) is 10.5 Å². The first kappa shape index (κ1) is 106. The highest BCUT2D eigenvalue weighted by Gasteiger charge is 2.41. The smallest absolute Gasteiger partial charge is 0.272 e. The van der Waals surface area contributed by atoms with Crippen molar-refractivity contribution in [1.29, 1.82) is 26.3 Å². The van der Waals surface area contributed by atoms with Crippen LogP contribution in [-0.4, -0.2) is 146 Å². The van der Waals surface area contributed by atoms with Gasteiger partial charge < -0.3 is 49.0 Å². The van der Waals surface area contributed by atoms with Crippen LogP contribution in [0.1, 0.15) is 186 Å². The Balaban J connectivity index is 0.000000167. The molecule has 5 aliphatic heterocycles. The highest BCUT2D eigenvalue weighted by Crippen LogP contribution is 2.37. The van der Waals surface area contributed by atoms with Crippen molar-refractivity contribution in [3.05, 3.63) is 308 Å². The molecule has 5 aromatic carbocycles. The molecule has 0 radical (unpaired) electrons. The number of ketones is 2. The van der Waals surface area contributed by atoms with Gasteiger partial charge in [-0.05, 0) is 193 Å². The summed E-state index contributed by atoms with van der Waals surface area (Å²) < 4.78 is 148. The third kappa shape index (κ3) is 23.5. The van der Waals surface area contributed by atoms with Crippen molar-refractivity contribution >= 4 is 96.5 Å². The lowest BCUT2D eigenvalue weighted by molar-refractivity contribution is 0.0975. The van der Waals surface area contributed by atoms with Crippen LogP contribution in [0.3, 0.4) is 0 Å². The largest absolute Gasteiger partial charge is 0.387 e. The summed E-state index contributed by atoms with van der Waals surface area (Å²) in [6.45, 7) is 28.9. The predicted molar refractivity (Wildman–Crippen MR) is 526 cm³/mol. The summed E-state index contributed by atoms with van der Waals surface area (Å²) >= 11 is 0. The van der Waals surface area contributed by atoms with Gasteiger partial charge in [-0.3, -0.25) is 24.0 Å². The number of nitrogens with one attached hydrogen (secondary N) is 8. The van der Waals surface area contributed by atoms with Crippen molar-refractivity contribution in [1.82, 2.24) is 46.4 Å². The van der Waals surface area contributed by atoms with Gasteiger partial charge >= 0.3 is 0 Å². The highest BCUT2D eigenvalue weighted by molar-refractivity contribution is 7.90. The van der Waals surface area contributed by atoms with Crippen molar-refractivity contribution in [2.45, 2.75) is 185 Å². The maximum Gasteiger partial charge on any atom is 0.272 e. The number of carbonyl (C=O) groups is 5. The van der Waals surface area contributed by atoms with Gasteiger partial charge in [-0.25, -0.2) is 65.7 Å². The molecule has 5 aliphatic rings. The van der Waals surface area contributed by atoms with Crippen molar-refractivity contribution in [3.63, 3.8) is 0 Å². The number of aryl methyl sites for hydroxylation is 10. The van der Waals surface area contributed by atoms with E-state index in [2.05, 4.69) is 103 Å². The summed E-state index contributed by atoms with van der Waals surface area (Å²) in [7, 11) is -10.8. The molecule has 0 bridgehead atoms. The molecule has 40 heteroatoms. The Morgan fingerprint density at radius 2 is 0.664 bits per heavy atom. The number of aliphatic hydroxyl groups is 2. The number of hydrogen-bond donors (Lipinski definition) is 10. The number of nitriles is 5. The second-order valence-corrected chi connectivity index (χ2v) is 43.3. The standard InChI is InChI=1S/2C21H23N3O4S.C20H22N4O3S.2C19H20N4O3S/c2*1-4-18(25)17-8-7-16-20(29(27,28)23-17)12-24(3)21(16)19(26)10-14-6-5-13(2)15(9-14)11-22;1-5-20(3)9-8-16-17(28(26,27)23-20)12-24(4)18(16)19(25)22-15-7-6-13(2)14(10-15)11-21;2*1-4-14-7-8-16-17(27(25,26)22-14)11-23(3)18(16)19(24)21-15-6-5-12(2)13(9-15)10-20/h2*4-6,9,12,17-18,23,25H,1,7-8,10H2,2-3H3;5-7,10,12,23H,1,8-9H2,2-4H3,(H,22,25);2*4-6,9,11,14,22H,1,7-8H2,2-3H3,(H,21,24)/t17-,18+;17-,18-;20-;2*14-/m00010/s1. The molecule has 0 saturated carbocycles. The van der Waals surface area contributed by atoms with E-state index >= 15 is 0 Å². The predicted octanol–water partition coefficient (Wildman–Crippen LogP) is 10.6. The fourth-order valence-corrected chi connectivity index (χ4v) is 25.2. The van der Waals surface area contributed by atoms with E-state index in [1.165, 1.54) is 66.0 Å². The van der Waals surface area contributed by atoms with Gasteiger partial charge in [0.05, 0.1) is 93.8 Å². The number of anilines is 3. The molecule has 730 valence electrons. The van der Waals surface area contributed by atoms with Crippen LogP contribution in [0.5, 0.6) is 0 Å². The van der Waals surface area contributed by atoms with Crippen LogP contribution in [0.2, 0.25) is 0 Å². The van der Waals surface area contributed by atoms with Crippen molar-refractivity contribution < 1.29 is 76.3 Å². The molecular formula is C100H108N18O17S5. The lowest BCUT2D eigenvalue weighted by Crippen LogP contribution is -2.42. The molecule has 5 aromatic heterocycles. The zero-order chi connectivity index (χ0) is 103. The number of rotatable bonds is 19. The van der Waals surface area contributed by atoms with E-state index in [1.807, 2.05) is 34.6 Å². The SMILES string of the molecule is C=C[C@@H](O)[C@@H]1CCc2c(cn(C)c2C(=O)Cc2ccc(C)c(C#N)c2)S(=O)(=O)N1.C=C[C@@H]1CCc2c(cn(C)c2C(=O)Nc2ccc(C)c(C#N)c2)S(=O)(=O)N1.C=C[C@@]1(C)CCc2c(cn(C)c2C(=O)Nc2ccc(C)c(C#N)c2)S(=O)(=O)N1.C=C[C@H](O)[C@@H]1CCc2c(cn(C)c2C(=O)Cc2ccc(C)c(C#N)c2)S(=O)(=O)N1.C=C[C@H]1CCc2c(cn(C)c2C(=O)Nc2ccc(C)c(C#N)c2)S(=O)(=O)N1. The molecule has 0 spiro atoms. The average Bonchev–Trinajstić information content (AvgIpc) is 1.15. The van der Waals surface area contributed by atoms with Crippen molar-refractivity contribution in [2.24, 2.45) is 35.2 Å². The summed E-state index contributed by atoms with van der Waals surface area (Å²) in [5, 5.41) is 74.2. The third-order valence-corrected chi connectivity index (χ3v) is 32.8. The summed E-state index contributed by atoms with van der Waals surface area (Å²) in [5.41, 5.74) is 12.5. The van der Waals surface area contributed by atoms with Gasteiger partial charge in [0, 0.05) is 142 Å². The maximum atomic E-state index is 13.1. The molecule has 10 aromatic rings. The number of Topliss-reactive ketones (excluding diaryl/α,β-unsaturated/α-hetero) is 2. The zero-order valence-electron chi connectivity index (χ0n) is 79.0. The second kappa shape index (κ2) is 43.5. The minimum atomic E-state index is -3.88. The molecule has 3 amide bonds. The Kier molecular flexibility index (Phi) is 33.0. The molecule has 35 nitrogen and oxygen atoms in total. The van der Waals surface area contributed by atoms with Crippen LogP contribution < -0.4 is 39.6 Å². The molecule has 15 rings (SSSR count). The summed E-state index contributed by atoms with van der Waals surface area (Å²) in [4.78, 5) is 65.3. The Labute approximate surface area is 814 Å². The van der Waals surface area contributed by atoms with E-state index in [0.717, 1.165) is 27.8 Å². The fraction of sp³-hybridized carbons (Fsp3) is 0.300. The van der Waals surface area contributed by atoms with E-state index in [0.29, 0.717) is 171 Å². The second-order valence-electron chi connectivity index (χ2n) is 34.9. The minimum Gasteiger partial charge on any atom is -0.387 e. The zero-order valence-corrected chi connectivity index (χ0v) is 83.0. The van der Waals surface area contributed by atoms with Gasteiger partial charge in [-0.1, -0.05) is 72.8 Å². The van der Waals surface area contributed by atoms with Gasteiger partial charge in [0.2, 0.25) is 50.1 Å². The topological polar surface area (TPSA) is 536 Å². The number of amides is 3. The van der Waals surface area contributed by atoms with Crippen LogP contribution in [0.25, 0.3) is 0 Å². The Morgan fingerprint density at radius 3 is 0.957 bits per heavy atom. The monoisotopic (exact) mass is 1990 g/mol. The number of carbonyl (C=O) groups excluding carboxylic acids is 5. The molecule has 0 unspecified atom stereocenters. The molecule has 0 fully saturated rings. The highest BCUT2D eigenvalue weighted by atomic mass is 32.2. The Bertz CT molecular complexity index is 7240. The van der Waals surface area contributed by atoms with E-state index in [-0.39, 0.29) is 66.7 Å². The number of fused-ring (bicyclic) bond motifs is 5. The number of sulfonamides is 5. The van der Waals surface area contributed by atoms with Crippen molar-refractivity contribution in [2.75, 3.05) is 16.0 Å². The van der Waals surface area contributed by atoms with Crippen LogP contribution in [0, 0.1) is 91.3 Å². The van der Waals surface area contributed by atoms with Gasteiger partial charge in [-0.2, -0.15) is 26.3 Å². The molecule has 10 N–H and O–H groups in total. The normalized spacial score (nSPS) is 18.9. The first-order chi connectivity index (χ1) is 66.0. The average molecular weight is 1990 g/mol. The number of aliphatic hydroxyl groups excluding tert-OH is 2. The molecule has 7 atom stereocenters. The van der Waals surface area contributed by atoms with Gasteiger partial charge in [0.1, 0.15) is 41.6 Å². The molecule has 140 heavy (non-hydrogen) atoms. The van der Waals surface area contributed by atoms with Gasteiger partial charge in [0.25, 0.3) is 17.7 Å². The first-order valence-corrected chi connectivity index (χ1v) is 51.5. The number of nitrogens with zero attached hydrogens (tertiary/aromatic N) is 10. The summed E-state index contributed by atoms with van der Waals surface area (Å²) in [6, 6.07) is 34.0. The molecule has 0 aliphatic carbocycles. The minimum absolute atomic E-state index is 0.0590. The Morgan fingerprint density at radius 1 is 0.400 bits per heavy atom. The van der Waals surface area contributed by atoms with E-state index in [9.17, 15) is 92.1 Å². The Hall–Kier alpha value is -14.1. The van der Waals surface area contributed by atoms with E-state index < -0.39 is 97.7 Å². The van der Waals surface area contributed by atoms with Gasteiger partial charge in [0.15, 0.2) is 11.6 Å². The van der Waals surface area contributed by atoms with E-state index in [1.54, 1.807) is 151 Å². The third-order valence-electron chi connectivity index (χ3n) is 24.9. The summed E-state index contributed by atoms with van der Waals surface area (Å²) in [6.07, 6.45) is 16.7. The lowest BCUT2D eigenvalue weighted by Gasteiger charge is -2.24. The lowest BCUT2D eigenvalue weighted by atomic mass is 9.94. The fourth-order valence-electron chi connectivity index (χ4n) is 17.2. The van der Waals surface area contributed by atoms with Crippen LogP contribution in [-0.2, 0) is 130 Å². The van der Waals surface area contributed by atoms with Crippen LogP contribution >= 0.6 is 0 Å². The maximum absolute atomic E-state index is 13.1. The van der Waals surface area contributed by atoms with Crippen LogP contribution in [0.15, 0.2) is 210 Å². The van der Waals surface area contributed by atoms with Crippen molar-refractivity contribution in [3.8, 4) is 30.3 Å². The summed E-state index contributed by atoms with van der Waals surface area (Å²) in [5.74, 6) is -1.70. The molecule has 10 heterocycles.